The van der Waals surface area contributed by atoms with Crippen LogP contribution in [0, 0.1) is 17.8 Å². The molecule has 3 saturated carbocycles. The maximum Gasteiger partial charge on any atom is 0.200 e. The summed E-state index contributed by atoms with van der Waals surface area (Å²) in [5.41, 5.74) is 1.90. The van der Waals surface area contributed by atoms with Gasteiger partial charge in [0.25, 0.3) is 0 Å². The Balaban J connectivity index is 1.42. The van der Waals surface area contributed by atoms with Crippen molar-refractivity contribution >= 4 is 11.9 Å². The molecule has 2 aromatic rings. The fourth-order valence-electron chi connectivity index (χ4n) is 7.61. The van der Waals surface area contributed by atoms with Gasteiger partial charge in [0.15, 0.2) is 23.4 Å². The minimum Gasteiger partial charge on any atom is -0.504 e. The molecule has 4 aliphatic carbocycles. The Morgan fingerprint density at radius 1 is 1.09 bits per heavy atom. The minimum atomic E-state index is -1.03. The highest BCUT2D eigenvalue weighted by molar-refractivity contribution is 6.06. The number of phenolic OH excluding ortho intramolecular Hbond substituents is 1. The van der Waals surface area contributed by atoms with Gasteiger partial charge in [0, 0.05) is 17.6 Å². The Hall–Kier alpha value is -2.59. The first-order chi connectivity index (χ1) is 15.5. The van der Waals surface area contributed by atoms with Gasteiger partial charge in [-0.15, -0.1) is 0 Å². The van der Waals surface area contributed by atoms with E-state index in [2.05, 4.69) is 0 Å². The molecule has 1 spiro atoms. The van der Waals surface area contributed by atoms with Crippen LogP contribution in [0.2, 0.25) is 0 Å². The number of hydrogen-bond donors (Lipinski definition) is 2. The van der Waals surface area contributed by atoms with Crippen LogP contribution < -0.4 is 4.74 Å². The summed E-state index contributed by atoms with van der Waals surface area (Å²) in [6.45, 7) is 0. The first kappa shape index (κ1) is 18.9. The molecule has 2 bridgehead atoms. The third-order valence-corrected chi connectivity index (χ3v) is 9.14. The maximum absolute atomic E-state index is 13.8. The van der Waals surface area contributed by atoms with Gasteiger partial charge in [0.1, 0.15) is 0 Å². The van der Waals surface area contributed by atoms with Crippen molar-refractivity contribution in [1.29, 1.82) is 0 Å². The van der Waals surface area contributed by atoms with Crippen molar-refractivity contribution in [3.05, 3.63) is 64.7 Å². The standard InChI is InChI=1S/C28H28O4/c29-22-9-8-19-14-21-18(12-17-6-7-17)10-11-27-23(19)25(22)32-26(27)24(30)20(15-28(21,27)31)13-16-4-2-1-3-5-16/h1-5,8-9,13,17-18,21,26,29,31H,6-7,10-12,14-15H2/b20-13+/t18?,21-,26-,27-,28+/m0/s1. The quantitative estimate of drug-likeness (QED) is 0.704. The molecule has 2 aromatic carbocycles. The van der Waals surface area contributed by atoms with E-state index in [1.165, 1.54) is 19.3 Å². The van der Waals surface area contributed by atoms with Crippen molar-refractivity contribution in [2.24, 2.45) is 17.8 Å². The van der Waals surface area contributed by atoms with Crippen LogP contribution >= 0.6 is 0 Å². The average Bonchev–Trinajstić information content (AvgIpc) is 3.52. The zero-order chi connectivity index (χ0) is 21.7. The first-order valence-corrected chi connectivity index (χ1v) is 12.1. The van der Waals surface area contributed by atoms with Crippen LogP contribution in [0.25, 0.3) is 6.08 Å². The fraction of sp³-hybridized carbons (Fsp3) is 0.464. The Labute approximate surface area is 187 Å². The molecule has 1 heterocycles. The molecule has 7 rings (SSSR count). The van der Waals surface area contributed by atoms with Gasteiger partial charge in [0.2, 0.25) is 0 Å². The molecule has 3 fully saturated rings. The van der Waals surface area contributed by atoms with Gasteiger partial charge in [-0.2, -0.15) is 0 Å². The summed E-state index contributed by atoms with van der Waals surface area (Å²) in [5.74, 6) is 1.85. The monoisotopic (exact) mass is 428 g/mol. The largest absolute Gasteiger partial charge is 0.504 e. The normalized spacial score (nSPS) is 37.8. The van der Waals surface area contributed by atoms with Crippen molar-refractivity contribution in [3.8, 4) is 11.5 Å². The number of hydrogen-bond acceptors (Lipinski definition) is 4. The molecule has 0 saturated heterocycles. The van der Waals surface area contributed by atoms with Crippen molar-refractivity contribution in [2.45, 2.75) is 62.1 Å². The van der Waals surface area contributed by atoms with Gasteiger partial charge in [-0.25, -0.2) is 0 Å². The van der Waals surface area contributed by atoms with E-state index in [1.807, 2.05) is 42.5 Å². The zero-order valence-electron chi connectivity index (χ0n) is 18.1. The van der Waals surface area contributed by atoms with E-state index >= 15 is 0 Å². The zero-order valence-corrected chi connectivity index (χ0v) is 18.1. The number of carbonyl (C=O) groups is 1. The molecule has 4 heteroatoms. The first-order valence-electron chi connectivity index (χ1n) is 12.1. The number of ketones is 1. The third kappa shape index (κ3) is 2.29. The van der Waals surface area contributed by atoms with Gasteiger partial charge in [-0.1, -0.05) is 49.2 Å². The molecule has 5 aliphatic rings. The second kappa shape index (κ2) is 6.26. The van der Waals surface area contributed by atoms with E-state index in [1.54, 1.807) is 6.07 Å². The van der Waals surface area contributed by atoms with Crippen LogP contribution in [-0.2, 0) is 16.6 Å². The molecule has 2 N–H and O–H groups in total. The molecule has 1 aliphatic heterocycles. The van der Waals surface area contributed by atoms with Crippen LogP contribution in [0.1, 0.15) is 55.2 Å². The van der Waals surface area contributed by atoms with Gasteiger partial charge in [-0.05, 0) is 66.7 Å². The summed E-state index contributed by atoms with van der Waals surface area (Å²) >= 11 is 0. The Morgan fingerprint density at radius 3 is 2.69 bits per heavy atom. The number of benzene rings is 2. The number of rotatable bonds is 3. The lowest BCUT2D eigenvalue weighted by Gasteiger charge is -2.62. The van der Waals surface area contributed by atoms with Crippen LogP contribution in [0.5, 0.6) is 11.5 Å². The third-order valence-electron chi connectivity index (χ3n) is 9.14. The number of ether oxygens (including phenoxy) is 1. The lowest BCUT2D eigenvalue weighted by Crippen LogP contribution is -2.71. The fourth-order valence-corrected chi connectivity index (χ4v) is 7.61. The molecular formula is C28H28O4. The SMILES string of the molecule is O=C1/C(=C/c2ccccc2)C[C@@]2(O)[C@H]3Cc4ccc(O)c5c4[C@@]2(CCC3CC2CC2)[C@H]1O5. The highest BCUT2D eigenvalue weighted by Crippen LogP contribution is 2.69. The summed E-state index contributed by atoms with van der Waals surface area (Å²) in [6, 6.07) is 13.5. The topological polar surface area (TPSA) is 66.8 Å². The summed E-state index contributed by atoms with van der Waals surface area (Å²) in [6.07, 6.45) is 7.89. The second-order valence-electron chi connectivity index (χ2n) is 10.8. The van der Waals surface area contributed by atoms with E-state index in [0.29, 0.717) is 23.7 Å². The van der Waals surface area contributed by atoms with E-state index in [4.69, 9.17) is 4.74 Å². The Morgan fingerprint density at radius 2 is 1.91 bits per heavy atom. The van der Waals surface area contributed by atoms with Gasteiger partial charge in [-0.3, -0.25) is 4.79 Å². The van der Waals surface area contributed by atoms with Crippen LogP contribution in [0.3, 0.4) is 0 Å². The van der Waals surface area contributed by atoms with Gasteiger partial charge >= 0.3 is 0 Å². The molecular weight excluding hydrogens is 400 g/mol. The van der Waals surface area contributed by atoms with E-state index in [0.717, 1.165) is 41.9 Å². The Bertz CT molecular complexity index is 1160. The molecule has 32 heavy (non-hydrogen) atoms. The summed E-state index contributed by atoms with van der Waals surface area (Å²) in [7, 11) is 0. The van der Waals surface area contributed by atoms with E-state index < -0.39 is 17.1 Å². The van der Waals surface area contributed by atoms with E-state index in [-0.39, 0.29) is 17.5 Å². The molecule has 164 valence electrons. The lowest BCUT2D eigenvalue weighted by atomic mass is 9.43. The Kier molecular flexibility index (Phi) is 3.70. The lowest BCUT2D eigenvalue weighted by molar-refractivity contribution is -0.180. The predicted molar refractivity (Wildman–Crippen MR) is 120 cm³/mol. The predicted octanol–water partition coefficient (Wildman–Crippen LogP) is 4.56. The summed E-state index contributed by atoms with van der Waals surface area (Å²) in [5, 5.41) is 23.2. The molecule has 0 aromatic heterocycles. The summed E-state index contributed by atoms with van der Waals surface area (Å²) in [4.78, 5) is 13.8. The average molecular weight is 429 g/mol. The second-order valence-corrected chi connectivity index (χ2v) is 10.8. The molecule has 4 nitrogen and oxygen atoms in total. The number of phenols is 1. The number of Topliss-reactive ketones (excluding diaryl/α,β-unsaturated/α-hetero) is 1. The molecule has 1 unspecified atom stereocenters. The summed E-state index contributed by atoms with van der Waals surface area (Å²) < 4.78 is 6.28. The van der Waals surface area contributed by atoms with Crippen LogP contribution in [0.4, 0.5) is 0 Å². The van der Waals surface area contributed by atoms with Crippen LogP contribution in [0.15, 0.2) is 48.0 Å². The number of carbonyl (C=O) groups excluding carboxylic acids is 1. The van der Waals surface area contributed by atoms with Crippen molar-refractivity contribution in [2.75, 3.05) is 0 Å². The van der Waals surface area contributed by atoms with Gasteiger partial charge in [0.05, 0.1) is 11.0 Å². The highest BCUT2D eigenvalue weighted by atomic mass is 16.5. The van der Waals surface area contributed by atoms with Crippen molar-refractivity contribution < 1.29 is 19.7 Å². The number of aliphatic hydroxyl groups is 1. The number of aromatic hydroxyl groups is 1. The molecule has 5 atom stereocenters. The van der Waals surface area contributed by atoms with Crippen molar-refractivity contribution in [3.63, 3.8) is 0 Å². The smallest absolute Gasteiger partial charge is 0.200 e. The van der Waals surface area contributed by atoms with Crippen molar-refractivity contribution in [1.82, 2.24) is 0 Å². The van der Waals surface area contributed by atoms with Gasteiger partial charge < -0.3 is 14.9 Å². The minimum absolute atomic E-state index is 0.0404. The molecule has 0 radical (unpaired) electrons. The highest BCUT2D eigenvalue weighted by Gasteiger charge is 2.74. The van der Waals surface area contributed by atoms with Crippen LogP contribution in [-0.4, -0.2) is 27.7 Å². The maximum atomic E-state index is 13.8. The molecule has 0 amide bonds. The van der Waals surface area contributed by atoms with E-state index in [9.17, 15) is 15.0 Å².